The second-order valence-electron chi connectivity index (χ2n) is 5.77. The van der Waals surface area contributed by atoms with Gasteiger partial charge in [-0.3, -0.25) is 5.10 Å². The molecule has 3 aromatic rings. The standard InChI is InChI=1S/C18H19ClN4OS/c1-12-3-5-14(6-4-12)11-24-17-8-7-16(19)9-15(17)10-20-23-13(2)21-22-18(23)25/h3-9,20H,10-11H2,1-2H3,(H,22,25). The summed E-state index contributed by atoms with van der Waals surface area (Å²) in [5, 5.41) is 7.48. The van der Waals surface area contributed by atoms with Crippen LogP contribution in [0.5, 0.6) is 5.75 Å². The second-order valence-corrected chi connectivity index (χ2v) is 6.60. The fraction of sp³-hybridized carbons (Fsp3) is 0.222. The summed E-state index contributed by atoms with van der Waals surface area (Å²) in [5.41, 5.74) is 6.52. The first-order valence-corrected chi connectivity index (χ1v) is 8.66. The minimum Gasteiger partial charge on any atom is -0.489 e. The van der Waals surface area contributed by atoms with Gasteiger partial charge in [0.25, 0.3) is 0 Å². The van der Waals surface area contributed by atoms with Crippen LogP contribution in [0.1, 0.15) is 22.5 Å². The molecule has 5 nitrogen and oxygen atoms in total. The molecule has 1 heterocycles. The Morgan fingerprint density at radius 1 is 1.20 bits per heavy atom. The second kappa shape index (κ2) is 7.72. The number of nitrogens with zero attached hydrogens (tertiary/aromatic N) is 2. The van der Waals surface area contributed by atoms with Crippen molar-refractivity contribution in [1.82, 2.24) is 14.9 Å². The molecule has 0 aliphatic carbocycles. The Hall–Kier alpha value is -2.31. The molecule has 0 unspecified atom stereocenters. The predicted octanol–water partition coefficient (Wildman–Crippen LogP) is 4.53. The van der Waals surface area contributed by atoms with E-state index in [1.807, 2.05) is 25.1 Å². The van der Waals surface area contributed by atoms with Crippen LogP contribution in [0.2, 0.25) is 5.02 Å². The summed E-state index contributed by atoms with van der Waals surface area (Å²) >= 11 is 11.3. The molecule has 2 aromatic carbocycles. The summed E-state index contributed by atoms with van der Waals surface area (Å²) in [7, 11) is 0. The summed E-state index contributed by atoms with van der Waals surface area (Å²) in [6, 6.07) is 13.9. The molecule has 3 rings (SSSR count). The van der Waals surface area contributed by atoms with E-state index in [2.05, 4.69) is 46.8 Å². The Kier molecular flexibility index (Phi) is 5.40. The lowest BCUT2D eigenvalue weighted by Crippen LogP contribution is -2.16. The third kappa shape index (κ3) is 4.41. The number of hydrogen-bond donors (Lipinski definition) is 2. The maximum atomic E-state index is 6.15. The van der Waals surface area contributed by atoms with E-state index in [1.54, 1.807) is 4.68 Å². The summed E-state index contributed by atoms with van der Waals surface area (Å²) in [4.78, 5) is 0. The van der Waals surface area contributed by atoms with Crippen LogP contribution in [0.15, 0.2) is 42.5 Å². The molecule has 130 valence electrons. The molecular weight excluding hydrogens is 356 g/mol. The number of H-pyrrole nitrogens is 1. The Morgan fingerprint density at radius 2 is 1.96 bits per heavy atom. The molecule has 7 heteroatoms. The van der Waals surface area contributed by atoms with Gasteiger partial charge in [-0.15, -0.1) is 0 Å². The largest absolute Gasteiger partial charge is 0.489 e. The molecule has 0 saturated heterocycles. The average molecular weight is 375 g/mol. The topological polar surface area (TPSA) is 54.9 Å². The number of halogens is 1. The van der Waals surface area contributed by atoms with Crippen molar-refractivity contribution in [1.29, 1.82) is 0 Å². The zero-order valence-electron chi connectivity index (χ0n) is 14.0. The van der Waals surface area contributed by atoms with E-state index >= 15 is 0 Å². The molecular formula is C18H19ClN4OS. The van der Waals surface area contributed by atoms with Crippen LogP contribution < -0.4 is 10.2 Å². The number of aromatic amines is 1. The molecule has 0 bridgehead atoms. The number of hydrogen-bond acceptors (Lipinski definition) is 4. The molecule has 2 N–H and O–H groups in total. The monoisotopic (exact) mass is 374 g/mol. The summed E-state index contributed by atoms with van der Waals surface area (Å²) < 4.78 is 8.23. The molecule has 0 saturated carbocycles. The van der Waals surface area contributed by atoms with Crippen LogP contribution >= 0.6 is 23.8 Å². The average Bonchev–Trinajstić information content (AvgIpc) is 2.92. The lowest BCUT2D eigenvalue weighted by Gasteiger charge is -2.14. The zero-order chi connectivity index (χ0) is 17.8. The summed E-state index contributed by atoms with van der Waals surface area (Å²) in [5.74, 6) is 1.54. The normalized spacial score (nSPS) is 10.7. The first-order chi connectivity index (χ1) is 12.0. The highest BCUT2D eigenvalue weighted by molar-refractivity contribution is 7.71. The van der Waals surface area contributed by atoms with Crippen LogP contribution in [0.25, 0.3) is 0 Å². The number of rotatable bonds is 6. The Balaban J connectivity index is 1.73. The molecule has 25 heavy (non-hydrogen) atoms. The molecule has 0 aliphatic heterocycles. The third-order valence-electron chi connectivity index (χ3n) is 3.81. The Morgan fingerprint density at radius 3 is 2.64 bits per heavy atom. The molecule has 0 atom stereocenters. The van der Waals surface area contributed by atoms with Gasteiger partial charge in [0.15, 0.2) is 0 Å². The van der Waals surface area contributed by atoms with Gasteiger partial charge in [0.05, 0.1) is 6.54 Å². The molecule has 0 fully saturated rings. The van der Waals surface area contributed by atoms with E-state index in [0.29, 0.717) is 22.9 Å². The van der Waals surface area contributed by atoms with Gasteiger partial charge >= 0.3 is 0 Å². The van der Waals surface area contributed by atoms with E-state index in [4.69, 9.17) is 28.6 Å². The summed E-state index contributed by atoms with van der Waals surface area (Å²) in [6.45, 7) is 4.94. The van der Waals surface area contributed by atoms with Crippen molar-refractivity contribution in [3.63, 3.8) is 0 Å². The minimum absolute atomic E-state index is 0.499. The van der Waals surface area contributed by atoms with E-state index in [1.165, 1.54) is 5.56 Å². The first kappa shape index (κ1) is 17.5. The van der Waals surface area contributed by atoms with Crippen LogP contribution in [0.4, 0.5) is 0 Å². The van der Waals surface area contributed by atoms with Gasteiger partial charge in [-0.05, 0) is 49.8 Å². The van der Waals surface area contributed by atoms with Crippen LogP contribution in [-0.2, 0) is 13.2 Å². The lowest BCUT2D eigenvalue weighted by molar-refractivity contribution is 0.303. The quantitative estimate of drug-likeness (QED) is 0.622. The molecule has 0 aliphatic rings. The van der Waals surface area contributed by atoms with Gasteiger partial charge in [-0.25, -0.2) is 4.68 Å². The molecule has 0 radical (unpaired) electrons. The van der Waals surface area contributed by atoms with Crippen molar-refractivity contribution in [3.8, 4) is 5.75 Å². The molecule has 0 amide bonds. The fourth-order valence-corrected chi connectivity index (χ4v) is 2.84. The van der Waals surface area contributed by atoms with Crippen molar-refractivity contribution < 1.29 is 4.74 Å². The number of nitrogens with one attached hydrogen (secondary N) is 2. The van der Waals surface area contributed by atoms with E-state index < -0.39 is 0 Å². The van der Waals surface area contributed by atoms with Gasteiger partial charge in [0.2, 0.25) is 4.77 Å². The highest BCUT2D eigenvalue weighted by Crippen LogP contribution is 2.24. The number of aromatic nitrogens is 3. The third-order valence-corrected chi connectivity index (χ3v) is 4.31. The van der Waals surface area contributed by atoms with E-state index in [0.717, 1.165) is 22.7 Å². The summed E-state index contributed by atoms with van der Waals surface area (Å²) in [6.07, 6.45) is 0. The van der Waals surface area contributed by atoms with Gasteiger partial charge in [-0.1, -0.05) is 41.4 Å². The van der Waals surface area contributed by atoms with Gasteiger partial charge < -0.3 is 10.2 Å². The van der Waals surface area contributed by atoms with Crippen molar-refractivity contribution in [2.75, 3.05) is 5.43 Å². The van der Waals surface area contributed by atoms with Crippen LogP contribution in [0, 0.1) is 18.6 Å². The van der Waals surface area contributed by atoms with Crippen molar-refractivity contribution >= 4 is 23.8 Å². The highest BCUT2D eigenvalue weighted by Gasteiger charge is 2.07. The fourth-order valence-electron chi connectivity index (χ4n) is 2.40. The lowest BCUT2D eigenvalue weighted by atomic mass is 10.1. The van der Waals surface area contributed by atoms with E-state index in [9.17, 15) is 0 Å². The molecule has 1 aromatic heterocycles. The predicted molar refractivity (Wildman–Crippen MR) is 102 cm³/mol. The zero-order valence-corrected chi connectivity index (χ0v) is 15.6. The smallest absolute Gasteiger partial charge is 0.214 e. The van der Waals surface area contributed by atoms with Crippen molar-refractivity contribution in [3.05, 3.63) is 74.8 Å². The van der Waals surface area contributed by atoms with Crippen LogP contribution in [0.3, 0.4) is 0 Å². The number of benzene rings is 2. The maximum absolute atomic E-state index is 6.15. The Bertz CT molecular complexity index is 918. The highest BCUT2D eigenvalue weighted by atomic mass is 35.5. The SMILES string of the molecule is Cc1ccc(COc2ccc(Cl)cc2CNn2c(C)n[nH]c2=S)cc1. The van der Waals surface area contributed by atoms with Crippen LogP contribution in [-0.4, -0.2) is 14.9 Å². The van der Waals surface area contributed by atoms with Crippen molar-refractivity contribution in [2.45, 2.75) is 27.0 Å². The van der Waals surface area contributed by atoms with Gasteiger partial charge in [0, 0.05) is 10.6 Å². The van der Waals surface area contributed by atoms with Crippen molar-refractivity contribution in [2.24, 2.45) is 0 Å². The first-order valence-electron chi connectivity index (χ1n) is 7.87. The molecule has 0 spiro atoms. The maximum Gasteiger partial charge on any atom is 0.214 e. The minimum atomic E-state index is 0.499. The van der Waals surface area contributed by atoms with E-state index in [-0.39, 0.29) is 0 Å². The number of aryl methyl sites for hydroxylation is 2. The Labute approximate surface area is 156 Å². The van der Waals surface area contributed by atoms with Gasteiger partial charge in [0.1, 0.15) is 18.2 Å². The number of ether oxygens (including phenoxy) is 1. The van der Waals surface area contributed by atoms with Gasteiger partial charge in [-0.2, -0.15) is 5.10 Å².